The van der Waals surface area contributed by atoms with Gasteiger partial charge < -0.3 is 10.8 Å². The summed E-state index contributed by atoms with van der Waals surface area (Å²) in [6.07, 6.45) is 0. The standard InChI is InChI=1S/C7H5ClN2O4/c8-5-3(7(11)12)1-2-4(6(5)9)10(13)14/h1-2H,9H2,(H,11,12). The zero-order valence-corrected chi connectivity index (χ0v) is 7.49. The summed E-state index contributed by atoms with van der Waals surface area (Å²) in [5.74, 6) is -1.28. The van der Waals surface area contributed by atoms with Crippen LogP contribution in [-0.4, -0.2) is 16.0 Å². The highest BCUT2D eigenvalue weighted by Gasteiger charge is 2.19. The minimum atomic E-state index is -1.28. The van der Waals surface area contributed by atoms with Gasteiger partial charge in [-0.1, -0.05) is 11.6 Å². The largest absolute Gasteiger partial charge is 0.478 e. The smallest absolute Gasteiger partial charge is 0.337 e. The molecule has 0 saturated heterocycles. The second-order valence-electron chi connectivity index (χ2n) is 2.42. The first kappa shape index (κ1) is 10.3. The molecule has 0 amide bonds. The molecule has 0 heterocycles. The number of halogens is 1. The van der Waals surface area contributed by atoms with Crippen LogP contribution in [0.25, 0.3) is 0 Å². The summed E-state index contributed by atoms with van der Waals surface area (Å²) in [6, 6.07) is 2.05. The zero-order valence-electron chi connectivity index (χ0n) is 6.73. The maximum atomic E-state index is 10.5. The lowest BCUT2D eigenvalue weighted by Crippen LogP contribution is -2.03. The summed E-state index contributed by atoms with van der Waals surface area (Å²) in [6.45, 7) is 0. The van der Waals surface area contributed by atoms with Crippen LogP contribution in [0.2, 0.25) is 5.02 Å². The van der Waals surface area contributed by atoms with Crippen molar-refractivity contribution in [1.29, 1.82) is 0 Å². The summed E-state index contributed by atoms with van der Waals surface area (Å²) < 4.78 is 0. The Kier molecular flexibility index (Phi) is 2.57. The predicted molar refractivity (Wildman–Crippen MR) is 49.5 cm³/mol. The summed E-state index contributed by atoms with van der Waals surface area (Å²) >= 11 is 5.53. The molecule has 0 unspecified atom stereocenters. The van der Waals surface area contributed by atoms with Gasteiger partial charge in [0.05, 0.1) is 15.5 Å². The maximum Gasteiger partial charge on any atom is 0.337 e. The first-order valence-electron chi connectivity index (χ1n) is 3.40. The fraction of sp³-hybridized carbons (Fsp3) is 0. The van der Waals surface area contributed by atoms with E-state index in [1.807, 2.05) is 0 Å². The van der Waals surface area contributed by atoms with E-state index < -0.39 is 16.6 Å². The van der Waals surface area contributed by atoms with Crippen LogP contribution in [0.3, 0.4) is 0 Å². The summed E-state index contributed by atoms with van der Waals surface area (Å²) in [5, 5.41) is 18.7. The van der Waals surface area contributed by atoms with E-state index in [4.69, 9.17) is 22.4 Å². The number of nitro groups is 1. The highest BCUT2D eigenvalue weighted by atomic mass is 35.5. The van der Waals surface area contributed by atoms with Crippen molar-refractivity contribution in [2.75, 3.05) is 5.73 Å². The van der Waals surface area contributed by atoms with E-state index in [0.717, 1.165) is 12.1 Å². The fourth-order valence-electron chi connectivity index (χ4n) is 0.907. The van der Waals surface area contributed by atoms with Gasteiger partial charge in [0.2, 0.25) is 0 Å². The Hall–Kier alpha value is -1.82. The van der Waals surface area contributed by atoms with E-state index in [1.54, 1.807) is 0 Å². The second kappa shape index (κ2) is 3.51. The number of nitro benzene ring substituents is 1. The van der Waals surface area contributed by atoms with Gasteiger partial charge in [0, 0.05) is 6.07 Å². The predicted octanol–water partition coefficient (Wildman–Crippen LogP) is 1.53. The lowest BCUT2D eigenvalue weighted by molar-refractivity contribution is -0.383. The molecule has 0 spiro atoms. The quantitative estimate of drug-likeness (QED) is 0.443. The summed E-state index contributed by atoms with van der Waals surface area (Å²) in [4.78, 5) is 20.2. The Morgan fingerprint density at radius 1 is 1.57 bits per heavy atom. The number of carboxylic acid groups (broad SMARTS) is 1. The van der Waals surface area contributed by atoms with Gasteiger partial charge in [0.1, 0.15) is 5.69 Å². The average molecular weight is 217 g/mol. The molecule has 0 fully saturated rings. The van der Waals surface area contributed by atoms with E-state index in [9.17, 15) is 14.9 Å². The highest BCUT2D eigenvalue weighted by molar-refractivity contribution is 6.36. The number of nitrogens with zero attached hydrogens (tertiary/aromatic N) is 1. The molecular formula is C7H5ClN2O4. The maximum absolute atomic E-state index is 10.5. The number of carbonyl (C=O) groups is 1. The fourth-order valence-corrected chi connectivity index (χ4v) is 1.15. The van der Waals surface area contributed by atoms with E-state index in [1.165, 1.54) is 0 Å². The van der Waals surface area contributed by atoms with E-state index >= 15 is 0 Å². The molecule has 0 bridgehead atoms. The van der Waals surface area contributed by atoms with Crippen molar-refractivity contribution in [3.63, 3.8) is 0 Å². The number of benzene rings is 1. The van der Waals surface area contributed by atoms with Crippen molar-refractivity contribution in [1.82, 2.24) is 0 Å². The van der Waals surface area contributed by atoms with Crippen molar-refractivity contribution in [2.24, 2.45) is 0 Å². The first-order valence-corrected chi connectivity index (χ1v) is 3.78. The van der Waals surface area contributed by atoms with E-state index in [0.29, 0.717) is 0 Å². The van der Waals surface area contributed by atoms with Crippen molar-refractivity contribution in [2.45, 2.75) is 0 Å². The van der Waals surface area contributed by atoms with Gasteiger partial charge in [0.15, 0.2) is 0 Å². The molecule has 1 aromatic carbocycles. The Bertz CT molecular complexity index is 379. The normalized spacial score (nSPS) is 9.79. The van der Waals surface area contributed by atoms with Crippen molar-refractivity contribution in [3.8, 4) is 0 Å². The average Bonchev–Trinajstić information content (AvgIpc) is 2.08. The number of carboxylic acids is 1. The molecule has 1 aromatic rings. The number of rotatable bonds is 2. The van der Waals surface area contributed by atoms with E-state index in [-0.39, 0.29) is 16.3 Å². The molecule has 74 valence electrons. The molecule has 1 rings (SSSR count). The van der Waals surface area contributed by atoms with Gasteiger partial charge in [-0.2, -0.15) is 0 Å². The van der Waals surface area contributed by atoms with Gasteiger partial charge in [-0.05, 0) is 6.07 Å². The number of nitrogens with two attached hydrogens (primary N) is 1. The molecule has 0 aliphatic rings. The van der Waals surface area contributed by atoms with Gasteiger partial charge in [-0.3, -0.25) is 10.1 Å². The third-order valence-electron chi connectivity index (χ3n) is 1.58. The third-order valence-corrected chi connectivity index (χ3v) is 1.99. The molecule has 0 atom stereocenters. The molecule has 0 aliphatic heterocycles. The Labute approximate surface area is 83.0 Å². The van der Waals surface area contributed by atoms with Crippen LogP contribution in [0.5, 0.6) is 0 Å². The molecule has 0 radical (unpaired) electrons. The number of anilines is 1. The topological polar surface area (TPSA) is 106 Å². The molecular weight excluding hydrogens is 212 g/mol. The van der Waals surface area contributed by atoms with Crippen LogP contribution >= 0.6 is 11.6 Å². The van der Waals surface area contributed by atoms with Gasteiger partial charge in [0.25, 0.3) is 5.69 Å². The number of aromatic carboxylic acids is 1. The molecule has 7 heteroatoms. The molecule has 6 nitrogen and oxygen atoms in total. The van der Waals surface area contributed by atoms with Gasteiger partial charge in [-0.25, -0.2) is 4.79 Å². The summed E-state index contributed by atoms with van der Waals surface area (Å²) in [5.41, 5.74) is 4.29. The minimum Gasteiger partial charge on any atom is -0.478 e. The van der Waals surface area contributed by atoms with Crippen LogP contribution < -0.4 is 5.73 Å². The molecule has 0 aliphatic carbocycles. The first-order chi connectivity index (χ1) is 6.45. The lowest BCUT2D eigenvalue weighted by atomic mass is 10.2. The Morgan fingerprint density at radius 3 is 2.57 bits per heavy atom. The van der Waals surface area contributed by atoms with Crippen LogP contribution in [0.4, 0.5) is 11.4 Å². The van der Waals surface area contributed by atoms with Crippen molar-refractivity contribution in [3.05, 3.63) is 32.8 Å². The second-order valence-corrected chi connectivity index (χ2v) is 2.80. The number of hydrogen-bond acceptors (Lipinski definition) is 4. The molecule has 3 N–H and O–H groups in total. The SMILES string of the molecule is Nc1c([N+](=O)[O-])ccc(C(=O)O)c1Cl. The Morgan fingerprint density at radius 2 is 2.14 bits per heavy atom. The van der Waals surface area contributed by atoms with Crippen LogP contribution in [-0.2, 0) is 0 Å². The van der Waals surface area contributed by atoms with Gasteiger partial charge >= 0.3 is 5.97 Å². The molecule has 0 aromatic heterocycles. The minimum absolute atomic E-state index is 0.255. The molecule has 14 heavy (non-hydrogen) atoms. The number of hydrogen-bond donors (Lipinski definition) is 2. The zero-order chi connectivity index (χ0) is 10.9. The highest BCUT2D eigenvalue weighted by Crippen LogP contribution is 2.31. The third kappa shape index (κ3) is 1.60. The summed E-state index contributed by atoms with van der Waals surface area (Å²) in [7, 11) is 0. The van der Waals surface area contributed by atoms with Crippen LogP contribution in [0.1, 0.15) is 10.4 Å². The lowest BCUT2D eigenvalue weighted by Gasteiger charge is -2.02. The number of nitrogen functional groups attached to an aromatic ring is 1. The Balaban J connectivity index is 3.41. The van der Waals surface area contributed by atoms with E-state index in [2.05, 4.69) is 0 Å². The monoisotopic (exact) mass is 216 g/mol. The van der Waals surface area contributed by atoms with Crippen LogP contribution in [0.15, 0.2) is 12.1 Å². The molecule has 0 saturated carbocycles. The van der Waals surface area contributed by atoms with Crippen molar-refractivity contribution < 1.29 is 14.8 Å². The van der Waals surface area contributed by atoms with Gasteiger partial charge in [-0.15, -0.1) is 0 Å². The van der Waals surface area contributed by atoms with Crippen molar-refractivity contribution >= 4 is 28.9 Å². The van der Waals surface area contributed by atoms with Crippen LogP contribution in [0, 0.1) is 10.1 Å².